The Bertz CT molecular complexity index is 2120. The lowest BCUT2D eigenvalue weighted by molar-refractivity contribution is 1.18. The largest absolute Gasteiger partial charge is 0.355 e. The molecule has 0 fully saturated rings. The number of rotatable bonds is 4. The minimum absolute atomic E-state index is 1.12. The van der Waals surface area contributed by atoms with Gasteiger partial charge in [-0.15, -0.1) is 0 Å². The first-order chi connectivity index (χ1) is 19.3. The van der Waals surface area contributed by atoms with E-state index >= 15 is 0 Å². The first-order valence-corrected chi connectivity index (χ1v) is 13.3. The molecule has 0 aliphatic heterocycles. The second-order valence-corrected chi connectivity index (χ2v) is 9.96. The lowest BCUT2D eigenvalue weighted by Crippen LogP contribution is -2.10. The minimum Gasteiger partial charge on any atom is -0.355 e. The smallest absolute Gasteiger partial charge is 0.0561 e. The molecule has 2 aromatic heterocycles. The van der Waals surface area contributed by atoms with E-state index in [1.54, 1.807) is 0 Å². The molecule has 6 aromatic carbocycles. The van der Waals surface area contributed by atoms with Gasteiger partial charge in [0.05, 0.1) is 11.0 Å². The Morgan fingerprint density at radius 2 is 1.03 bits per heavy atom. The van der Waals surface area contributed by atoms with Crippen molar-refractivity contribution in [2.45, 2.75) is 0 Å². The summed E-state index contributed by atoms with van der Waals surface area (Å²) < 4.78 is 2.38. The van der Waals surface area contributed by atoms with Crippen molar-refractivity contribution >= 4 is 60.7 Å². The third-order valence-electron chi connectivity index (χ3n) is 7.69. The normalized spacial score (nSPS) is 11.6. The summed E-state index contributed by atoms with van der Waals surface area (Å²) in [5.74, 6) is 0. The number of hydrogen-bond donors (Lipinski definition) is 1. The molecule has 0 aliphatic carbocycles. The molecular weight excluding hydrogens is 474 g/mol. The summed E-state index contributed by atoms with van der Waals surface area (Å²) in [6.45, 7) is 0. The summed E-state index contributed by atoms with van der Waals surface area (Å²) in [5.41, 5.74) is 9.23. The molecule has 1 N–H and O–H groups in total. The third-order valence-corrected chi connectivity index (χ3v) is 7.69. The van der Waals surface area contributed by atoms with E-state index in [0.717, 1.165) is 33.8 Å². The zero-order valence-corrected chi connectivity index (χ0v) is 21.3. The van der Waals surface area contributed by atoms with Gasteiger partial charge in [-0.3, -0.25) is 0 Å². The molecule has 0 spiro atoms. The topological polar surface area (TPSA) is 24.0 Å². The third kappa shape index (κ3) is 3.44. The number of nitrogens with one attached hydrogen (secondary N) is 1. The Labute approximate surface area is 226 Å². The molecule has 39 heavy (non-hydrogen) atoms. The van der Waals surface area contributed by atoms with Crippen molar-refractivity contribution in [2.75, 3.05) is 4.90 Å². The highest BCUT2D eigenvalue weighted by atomic mass is 15.1. The van der Waals surface area contributed by atoms with Crippen LogP contribution in [0.4, 0.5) is 17.1 Å². The van der Waals surface area contributed by atoms with Gasteiger partial charge >= 0.3 is 0 Å². The van der Waals surface area contributed by atoms with Crippen molar-refractivity contribution in [3.63, 3.8) is 0 Å². The first kappa shape index (κ1) is 21.8. The predicted molar refractivity (Wildman–Crippen MR) is 165 cm³/mol. The van der Waals surface area contributed by atoms with Crippen molar-refractivity contribution < 1.29 is 0 Å². The minimum atomic E-state index is 1.12. The van der Waals surface area contributed by atoms with E-state index in [0.29, 0.717) is 0 Å². The Morgan fingerprint density at radius 3 is 1.87 bits per heavy atom. The molecule has 0 unspecified atom stereocenters. The number of benzene rings is 6. The molecule has 3 nitrogen and oxygen atoms in total. The van der Waals surface area contributed by atoms with Crippen LogP contribution in [0.5, 0.6) is 0 Å². The van der Waals surface area contributed by atoms with Crippen LogP contribution in [0.25, 0.3) is 49.3 Å². The molecule has 0 saturated heterocycles. The lowest BCUT2D eigenvalue weighted by atomic mass is 10.1. The van der Waals surface area contributed by atoms with Gasteiger partial charge in [-0.05, 0) is 66.7 Å². The number of aromatic amines is 1. The molecule has 3 heteroatoms. The molecule has 8 rings (SSSR count). The van der Waals surface area contributed by atoms with Crippen LogP contribution in [-0.4, -0.2) is 9.55 Å². The fraction of sp³-hybridized carbons (Fsp3) is 0. The number of aromatic nitrogens is 2. The van der Waals surface area contributed by atoms with Crippen molar-refractivity contribution in [1.29, 1.82) is 0 Å². The second kappa shape index (κ2) is 8.64. The van der Waals surface area contributed by atoms with Gasteiger partial charge in [-0.1, -0.05) is 78.9 Å². The van der Waals surface area contributed by atoms with Gasteiger partial charge in [0.1, 0.15) is 0 Å². The van der Waals surface area contributed by atoms with Crippen LogP contribution in [0, 0.1) is 0 Å². The van der Waals surface area contributed by atoms with Gasteiger partial charge in [-0.2, -0.15) is 0 Å². The Kier molecular flexibility index (Phi) is 4.82. The zero-order chi connectivity index (χ0) is 25.8. The van der Waals surface area contributed by atoms with Gasteiger partial charge < -0.3 is 14.5 Å². The fourth-order valence-electron chi connectivity index (χ4n) is 5.95. The zero-order valence-electron chi connectivity index (χ0n) is 21.3. The number of H-pyrrole nitrogens is 1. The highest BCUT2D eigenvalue weighted by Gasteiger charge is 2.18. The van der Waals surface area contributed by atoms with Crippen LogP contribution in [0.3, 0.4) is 0 Å². The maximum absolute atomic E-state index is 3.57. The molecular formula is C36H25N3. The fourth-order valence-corrected chi connectivity index (χ4v) is 5.95. The number of fused-ring (bicyclic) bond motifs is 6. The summed E-state index contributed by atoms with van der Waals surface area (Å²) in [6.07, 6.45) is 0. The molecule has 0 bridgehead atoms. The van der Waals surface area contributed by atoms with Gasteiger partial charge in [0.15, 0.2) is 0 Å². The molecule has 0 aliphatic rings. The van der Waals surface area contributed by atoms with Crippen molar-refractivity contribution in [2.24, 2.45) is 0 Å². The van der Waals surface area contributed by atoms with Crippen LogP contribution < -0.4 is 4.90 Å². The maximum atomic E-state index is 3.57. The maximum Gasteiger partial charge on any atom is 0.0561 e. The van der Waals surface area contributed by atoms with E-state index < -0.39 is 0 Å². The molecule has 2 heterocycles. The van der Waals surface area contributed by atoms with Crippen LogP contribution in [0.1, 0.15) is 0 Å². The molecule has 0 radical (unpaired) electrons. The summed E-state index contributed by atoms with van der Waals surface area (Å²) in [6, 6.07) is 52.0. The van der Waals surface area contributed by atoms with Crippen LogP contribution in [-0.2, 0) is 0 Å². The van der Waals surface area contributed by atoms with Crippen LogP contribution in [0.2, 0.25) is 0 Å². The molecule has 184 valence electrons. The average Bonchev–Trinajstić information content (AvgIpc) is 3.53. The lowest BCUT2D eigenvalue weighted by Gasteiger charge is -2.26. The van der Waals surface area contributed by atoms with E-state index in [9.17, 15) is 0 Å². The van der Waals surface area contributed by atoms with Crippen LogP contribution >= 0.6 is 0 Å². The summed E-state index contributed by atoms with van der Waals surface area (Å²) in [5, 5.41) is 4.97. The molecule has 0 amide bonds. The summed E-state index contributed by atoms with van der Waals surface area (Å²) in [7, 11) is 0. The second-order valence-electron chi connectivity index (χ2n) is 9.96. The van der Waals surface area contributed by atoms with E-state index in [-0.39, 0.29) is 0 Å². The first-order valence-electron chi connectivity index (χ1n) is 13.3. The molecule has 8 aromatic rings. The molecule has 0 atom stereocenters. The monoisotopic (exact) mass is 499 g/mol. The highest BCUT2D eigenvalue weighted by molar-refractivity contribution is 6.11. The summed E-state index contributed by atoms with van der Waals surface area (Å²) >= 11 is 0. The van der Waals surface area contributed by atoms with E-state index in [4.69, 9.17) is 0 Å². The quantitative estimate of drug-likeness (QED) is 0.256. The highest BCUT2D eigenvalue weighted by Crippen LogP contribution is 2.40. The number of nitrogens with zero attached hydrogens (tertiary/aromatic N) is 2. The van der Waals surface area contributed by atoms with Crippen molar-refractivity contribution in [1.82, 2.24) is 9.55 Å². The summed E-state index contributed by atoms with van der Waals surface area (Å²) in [4.78, 5) is 5.92. The van der Waals surface area contributed by atoms with E-state index in [1.165, 1.54) is 32.6 Å². The van der Waals surface area contributed by atoms with Gasteiger partial charge in [0, 0.05) is 55.3 Å². The Hall–Kier alpha value is -5.28. The molecule has 0 saturated carbocycles. The van der Waals surface area contributed by atoms with Gasteiger partial charge in [0.2, 0.25) is 0 Å². The van der Waals surface area contributed by atoms with Gasteiger partial charge in [-0.25, -0.2) is 0 Å². The SMILES string of the molecule is c1ccc(N(c2ccc3[nH]c4ccccc4c3c2)c2ccc3c4ccccc4n(-c4ccccc4)c3c2)cc1. The van der Waals surface area contributed by atoms with E-state index in [2.05, 4.69) is 160 Å². The van der Waals surface area contributed by atoms with Gasteiger partial charge in [0.25, 0.3) is 0 Å². The van der Waals surface area contributed by atoms with E-state index in [1.807, 2.05) is 0 Å². The Morgan fingerprint density at radius 1 is 0.410 bits per heavy atom. The van der Waals surface area contributed by atoms with Crippen LogP contribution in [0.15, 0.2) is 146 Å². The predicted octanol–water partition coefficient (Wildman–Crippen LogP) is 9.89. The number of anilines is 3. The Balaban J connectivity index is 1.40. The number of para-hydroxylation sites is 4. The number of hydrogen-bond acceptors (Lipinski definition) is 1. The van der Waals surface area contributed by atoms with Crippen molar-refractivity contribution in [3.8, 4) is 5.69 Å². The average molecular weight is 500 g/mol. The van der Waals surface area contributed by atoms with Crippen molar-refractivity contribution in [3.05, 3.63) is 146 Å². The standard InChI is InChI=1S/C36H25N3/c1-3-11-25(12-4-1)38(27-20-22-34-32(23-27)29-15-7-9-17-33(29)37-34)28-19-21-31-30-16-8-10-18-35(30)39(36(31)24-28)26-13-5-2-6-14-26/h1-24,37H.